The topological polar surface area (TPSA) is 49.3 Å². The normalized spacial score (nSPS) is 15.3. The van der Waals surface area contributed by atoms with Crippen molar-refractivity contribution in [1.29, 1.82) is 0 Å². The second kappa shape index (κ2) is 7.82. The van der Waals surface area contributed by atoms with Crippen LogP contribution >= 0.6 is 0 Å². The summed E-state index contributed by atoms with van der Waals surface area (Å²) in [5.41, 5.74) is 3.22. The fourth-order valence-corrected chi connectivity index (χ4v) is 2.56. The molecular formula is C20H25NO2. The van der Waals surface area contributed by atoms with Crippen LogP contribution in [0.4, 0.5) is 0 Å². The third-order valence-electron chi connectivity index (χ3n) is 4.21. The van der Waals surface area contributed by atoms with Gasteiger partial charge in [0.15, 0.2) is 0 Å². The molecule has 2 N–H and O–H groups in total. The van der Waals surface area contributed by atoms with Crippen molar-refractivity contribution >= 4 is 6.29 Å². The summed E-state index contributed by atoms with van der Waals surface area (Å²) < 4.78 is 0. The summed E-state index contributed by atoms with van der Waals surface area (Å²) in [4.78, 5) is 10.3. The molecule has 1 saturated carbocycles. The van der Waals surface area contributed by atoms with Crippen LogP contribution in [0.5, 0.6) is 5.75 Å². The highest BCUT2D eigenvalue weighted by molar-refractivity contribution is 5.50. The quantitative estimate of drug-likeness (QED) is 0.506. The standard InChI is InChI=1S/C20H25NO2/c1-16(4-3-15-22)5-6-17(2)21-20(13-14-20)12-11-18-7-9-19(23)10-8-18/h5-10,15,21,23H,1-4,11-14H2/b6-5-. The molecule has 3 nitrogen and oxygen atoms in total. The molecule has 0 saturated heterocycles. The van der Waals surface area contributed by atoms with Gasteiger partial charge in [-0.1, -0.05) is 36.9 Å². The van der Waals surface area contributed by atoms with Gasteiger partial charge in [-0.05, 0) is 55.9 Å². The molecule has 0 spiro atoms. The van der Waals surface area contributed by atoms with Crippen molar-refractivity contribution in [2.45, 2.75) is 44.1 Å². The summed E-state index contributed by atoms with van der Waals surface area (Å²) in [5.74, 6) is 0.307. The van der Waals surface area contributed by atoms with E-state index in [1.165, 1.54) is 5.56 Å². The highest BCUT2D eigenvalue weighted by atomic mass is 16.3. The predicted octanol–water partition coefficient (Wildman–Crippen LogP) is 4.05. The fourth-order valence-electron chi connectivity index (χ4n) is 2.56. The number of carbonyl (C=O) groups excluding carboxylic acids is 1. The molecule has 1 aliphatic carbocycles. The average Bonchev–Trinajstić information content (AvgIpc) is 3.30. The smallest absolute Gasteiger partial charge is 0.120 e. The van der Waals surface area contributed by atoms with E-state index in [1.807, 2.05) is 24.3 Å². The van der Waals surface area contributed by atoms with Gasteiger partial charge in [0.2, 0.25) is 0 Å². The summed E-state index contributed by atoms with van der Waals surface area (Å²) in [6, 6.07) is 7.40. The Morgan fingerprint density at radius 3 is 2.52 bits per heavy atom. The zero-order chi connectivity index (χ0) is 16.7. The van der Waals surface area contributed by atoms with E-state index in [2.05, 4.69) is 18.5 Å². The second-order valence-electron chi connectivity index (χ2n) is 6.29. The lowest BCUT2D eigenvalue weighted by molar-refractivity contribution is -0.107. The number of carbonyl (C=O) groups is 1. The molecule has 0 bridgehead atoms. The van der Waals surface area contributed by atoms with Gasteiger partial charge in [0.05, 0.1) is 0 Å². The number of hydrogen-bond acceptors (Lipinski definition) is 3. The van der Waals surface area contributed by atoms with Crippen molar-refractivity contribution in [3.05, 3.63) is 66.4 Å². The number of benzene rings is 1. The number of rotatable bonds is 10. The van der Waals surface area contributed by atoms with Gasteiger partial charge in [-0.15, -0.1) is 0 Å². The minimum Gasteiger partial charge on any atom is -0.508 e. The fraction of sp³-hybridized carbons (Fsp3) is 0.350. The first-order valence-corrected chi connectivity index (χ1v) is 8.07. The van der Waals surface area contributed by atoms with Crippen LogP contribution in [-0.4, -0.2) is 16.9 Å². The van der Waals surface area contributed by atoms with Crippen molar-refractivity contribution in [2.24, 2.45) is 0 Å². The van der Waals surface area contributed by atoms with E-state index in [0.717, 1.165) is 43.2 Å². The van der Waals surface area contributed by atoms with Gasteiger partial charge in [-0.3, -0.25) is 0 Å². The number of aldehydes is 1. The molecule has 0 amide bonds. The Morgan fingerprint density at radius 2 is 1.91 bits per heavy atom. The van der Waals surface area contributed by atoms with E-state index >= 15 is 0 Å². The lowest BCUT2D eigenvalue weighted by atomic mass is 10.0. The molecule has 23 heavy (non-hydrogen) atoms. The van der Waals surface area contributed by atoms with E-state index in [4.69, 9.17) is 0 Å². The van der Waals surface area contributed by atoms with Gasteiger partial charge in [0.1, 0.15) is 12.0 Å². The van der Waals surface area contributed by atoms with Gasteiger partial charge in [-0.2, -0.15) is 0 Å². The molecule has 0 unspecified atom stereocenters. The summed E-state index contributed by atoms with van der Waals surface area (Å²) in [6.07, 6.45) is 10.3. The lowest BCUT2D eigenvalue weighted by Crippen LogP contribution is -2.30. The maximum atomic E-state index is 10.3. The van der Waals surface area contributed by atoms with Crippen LogP contribution in [0.25, 0.3) is 0 Å². The number of aromatic hydroxyl groups is 1. The second-order valence-corrected chi connectivity index (χ2v) is 6.29. The van der Waals surface area contributed by atoms with Crippen molar-refractivity contribution in [2.75, 3.05) is 0 Å². The zero-order valence-electron chi connectivity index (χ0n) is 13.6. The number of phenols is 1. The van der Waals surface area contributed by atoms with Crippen molar-refractivity contribution in [3.8, 4) is 5.75 Å². The first-order chi connectivity index (χ1) is 11.0. The first-order valence-electron chi connectivity index (χ1n) is 8.07. The molecule has 1 aromatic rings. The third-order valence-corrected chi connectivity index (χ3v) is 4.21. The largest absolute Gasteiger partial charge is 0.508 e. The maximum Gasteiger partial charge on any atom is 0.120 e. The van der Waals surface area contributed by atoms with Crippen LogP contribution in [0.15, 0.2) is 60.8 Å². The summed E-state index contributed by atoms with van der Waals surface area (Å²) in [5, 5.41) is 12.8. The number of nitrogens with one attached hydrogen (secondary N) is 1. The van der Waals surface area contributed by atoms with Crippen LogP contribution in [0.3, 0.4) is 0 Å². The monoisotopic (exact) mass is 311 g/mol. The summed E-state index contributed by atoms with van der Waals surface area (Å²) in [7, 11) is 0. The van der Waals surface area contributed by atoms with E-state index in [0.29, 0.717) is 18.6 Å². The van der Waals surface area contributed by atoms with Crippen LogP contribution in [0.1, 0.15) is 37.7 Å². The molecule has 0 heterocycles. The molecule has 122 valence electrons. The van der Waals surface area contributed by atoms with Gasteiger partial charge in [-0.25, -0.2) is 0 Å². The molecule has 1 aromatic carbocycles. The summed E-state index contributed by atoms with van der Waals surface area (Å²) >= 11 is 0. The van der Waals surface area contributed by atoms with Crippen LogP contribution in [0, 0.1) is 0 Å². The van der Waals surface area contributed by atoms with Crippen molar-refractivity contribution in [1.82, 2.24) is 5.32 Å². The van der Waals surface area contributed by atoms with Gasteiger partial charge in [0.25, 0.3) is 0 Å². The molecular weight excluding hydrogens is 286 g/mol. The van der Waals surface area contributed by atoms with Gasteiger partial charge < -0.3 is 15.2 Å². The Hall–Kier alpha value is -2.29. The van der Waals surface area contributed by atoms with E-state index in [-0.39, 0.29) is 5.54 Å². The lowest BCUT2D eigenvalue weighted by Gasteiger charge is -2.19. The Kier molecular flexibility index (Phi) is 5.80. The van der Waals surface area contributed by atoms with Crippen LogP contribution in [0.2, 0.25) is 0 Å². The molecule has 2 rings (SSSR count). The minimum atomic E-state index is 0.156. The SMILES string of the molecule is C=C(/C=C\C(=C)NC1(CCc2ccc(O)cc2)CC1)CCC=O. The van der Waals surface area contributed by atoms with E-state index < -0.39 is 0 Å². The Balaban J connectivity index is 1.78. The number of allylic oxidation sites excluding steroid dienone is 3. The number of hydrogen-bond donors (Lipinski definition) is 2. The predicted molar refractivity (Wildman–Crippen MR) is 94.2 cm³/mol. The molecule has 0 aliphatic heterocycles. The Labute approximate surface area is 138 Å². The third kappa shape index (κ3) is 5.78. The number of phenolic OH excluding ortho intramolecular Hbond substituents is 1. The molecule has 0 aromatic heterocycles. The van der Waals surface area contributed by atoms with Crippen LogP contribution in [-0.2, 0) is 11.2 Å². The van der Waals surface area contributed by atoms with Gasteiger partial charge in [0, 0.05) is 17.7 Å². The Bertz CT molecular complexity index is 595. The minimum absolute atomic E-state index is 0.156. The molecule has 3 heteroatoms. The summed E-state index contributed by atoms with van der Waals surface area (Å²) in [6.45, 7) is 7.98. The van der Waals surface area contributed by atoms with E-state index in [9.17, 15) is 9.90 Å². The van der Waals surface area contributed by atoms with Crippen molar-refractivity contribution in [3.63, 3.8) is 0 Å². The molecule has 1 aliphatic rings. The van der Waals surface area contributed by atoms with Crippen LogP contribution < -0.4 is 5.32 Å². The Morgan fingerprint density at radius 1 is 1.22 bits per heavy atom. The zero-order valence-corrected chi connectivity index (χ0v) is 13.6. The molecule has 0 atom stereocenters. The average molecular weight is 311 g/mol. The van der Waals surface area contributed by atoms with Gasteiger partial charge >= 0.3 is 0 Å². The van der Waals surface area contributed by atoms with E-state index in [1.54, 1.807) is 12.1 Å². The first kappa shape index (κ1) is 17.1. The number of aryl methyl sites for hydroxylation is 1. The highest BCUT2D eigenvalue weighted by Crippen LogP contribution is 2.40. The maximum absolute atomic E-state index is 10.3. The van der Waals surface area contributed by atoms with Crippen molar-refractivity contribution < 1.29 is 9.90 Å². The molecule has 1 fully saturated rings. The molecule has 0 radical (unpaired) electrons. The highest BCUT2D eigenvalue weighted by Gasteiger charge is 2.41.